The summed E-state index contributed by atoms with van der Waals surface area (Å²) in [5.41, 5.74) is 5.88. The van der Waals surface area contributed by atoms with Gasteiger partial charge in [0, 0.05) is 31.1 Å². The van der Waals surface area contributed by atoms with E-state index in [4.69, 9.17) is 4.74 Å². The van der Waals surface area contributed by atoms with Crippen LogP contribution in [0.3, 0.4) is 0 Å². The van der Waals surface area contributed by atoms with E-state index in [0.717, 1.165) is 38.3 Å². The molecule has 1 saturated heterocycles. The largest absolute Gasteiger partial charge is 0.379 e. The van der Waals surface area contributed by atoms with Crippen molar-refractivity contribution in [1.29, 1.82) is 0 Å². The van der Waals surface area contributed by atoms with E-state index < -0.39 is 0 Å². The summed E-state index contributed by atoms with van der Waals surface area (Å²) in [5.74, 6) is 0.284. The Morgan fingerprint density at radius 1 is 0.958 bits per heavy atom. The molecule has 4 rings (SSSR count). The van der Waals surface area contributed by atoms with Gasteiger partial charge in [-0.2, -0.15) is 0 Å². The van der Waals surface area contributed by atoms with Crippen LogP contribution in [-0.2, 0) is 11.2 Å². The highest BCUT2D eigenvalue weighted by Gasteiger charge is 2.20. The van der Waals surface area contributed by atoms with Crippen LogP contribution >= 0.6 is 0 Å². The monoisotopic (exact) mass is 321 g/mol. The summed E-state index contributed by atoms with van der Waals surface area (Å²) < 4.78 is 5.44. The van der Waals surface area contributed by atoms with Crippen LogP contribution in [0.2, 0.25) is 0 Å². The first-order chi connectivity index (χ1) is 11.7. The molecular weight excluding hydrogens is 298 g/mol. The third-order valence-corrected chi connectivity index (χ3v) is 5.35. The fraction of sp³-hybridized carbons (Fsp3) is 0.381. The second kappa shape index (κ2) is 6.50. The van der Waals surface area contributed by atoms with Crippen LogP contribution in [0.1, 0.15) is 40.9 Å². The van der Waals surface area contributed by atoms with Crippen LogP contribution in [0.5, 0.6) is 0 Å². The van der Waals surface area contributed by atoms with Crippen molar-refractivity contribution in [2.45, 2.75) is 25.8 Å². The summed E-state index contributed by atoms with van der Waals surface area (Å²) in [6.45, 7) is 5.93. The lowest BCUT2D eigenvalue weighted by Gasteiger charge is -2.32. The lowest BCUT2D eigenvalue weighted by Crippen LogP contribution is -2.37. The topological polar surface area (TPSA) is 29.5 Å². The lowest BCUT2D eigenvalue weighted by molar-refractivity contribution is 0.0198. The van der Waals surface area contributed by atoms with Gasteiger partial charge in [0.25, 0.3) is 0 Å². The predicted octanol–water partition coefficient (Wildman–Crippen LogP) is 3.88. The minimum atomic E-state index is 0.284. The van der Waals surface area contributed by atoms with Gasteiger partial charge in [0.2, 0.25) is 0 Å². The first-order valence-electron chi connectivity index (χ1n) is 8.80. The Morgan fingerprint density at radius 2 is 1.67 bits per heavy atom. The molecule has 1 atom stereocenters. The van der Waals surface area contributed by atoms with Gasteiger partial charge < -0.3 is 4.74 Å². The Kier molecular flexibility index (Phi) is 4.21. The first kappa shape index (κ1) is 15.6. The van der Waals surface area contributed by atoms with E-state index in [1.165, 1.54) is 22.3 Å². The molecule has 24 heavy (non-hydrogen) atoms. The van der Waals surface area contributed by atoms with E-state index in [9.17, 15) is 4.79 Å². The standard InChI is InChI=1S/C21H23NO2/c1-15(22-10-12-24-13-11-22)16-2-4-17(5-3-16)18-6-8-20-19(14-18)7-9-21(20)23/h2-6,8,14-15H,7,9-13H2,1H3. The zero-order valence-electron chi connectivity index (χ0n) is 14.1. The summed E-state index contributed by atoms with van der Waals surface area (Å²) in [7, 11) is 0. The molecule has 1 fully saturated rings. The molecular formula is C21H23NO2. The third kappa shape index (κ3) is 2.90. The normalized spacial score (nSPS) is 19.3. The SMILES string of the molecule is CC(c1ccc(-c2ccc3c(c2)CCC3=O)cc1)N1CCOCC1. The van der Waals surface area contributed by atoms with Gasteiger partial charge in [-0.05, 0) is 35.6 Å². The number of Topliss-reactive ketones (excluding diaryl/α,β-unsaturated/α-hetero) is 1. The average Bonchev–Trinajstić information content (AvgIpc) is 3.02. The number of carbonyl (C=O) groups excluding carboxylic acids is 1. The van der Waals surface area contributed by atoms with Crippen molar-refractivity contribution in [2.24, 2.45) is 0 Å². The highest BCUT2D eigenvalue weighted by atomic mass is 16.5. The quantitative estimate of drug-likeness (QED) is 0.859. The number of hydrogen-bond donors (Lipinski definition) is 0. The Bertz CT molecular complexity index is 745. The molecule has 2 aromatic rings. The molecule has 0 aromatic heterocycles. The fourth-order valence-electron chi connectivity index (χ4n) is 3.76. The van der Waals surface area contributed by atoms with Gasteiger partial charge in [0.15, 0.2) is 5.78 Å². The highest BCUT2D eigenvalue weighted by molar-refractivity contribution is 6.00. The number of hydrogen-bond acceptors (Lipinski definition) is 3. The number of benzene rings is 2. The molecule has 2 aromatic carbocycles. The molecule has 1 aliphatic carbocycles. The van der Waals surface area contributed by atoms with Gasteiger partial charge in [0.05, 0.1) is 13.2 Å². The number of carbonyl (C=O) groups is 1. The van der Waals surface area contributed by atoms with E-state index in [1.54, 1.807) is 0 Å². The zero-order chi connectivity index (χ0) is 16.5. The number of aryl methyl sites for hydroxylation is 1. The van der Waals surface area contributed by atoms with Gasteiger partial charge in [-0.1, -0.05) is 42.5 Å². The van der Waals surface area contributed by atoms with Crippen molar-refractivity contribution in [2.75, 3.05) is 26.3 Å². The van der Waals surface area contributed by atoms with E-state index >= 15 is 0 Å². The molecule has 1 unspecified atom stereocenters. The molecule has 0 saturated carbocycles. The summed E-state index contributed by atoms with van der Waals surface area (Å²) in [5, 5.41) is 0. The fourth-order valence-corrected chi connectivity index (χ4v) is 3.76. The zero-order valence-corrected chi connectivity index (χ0v) is 14.1. The summed E-state index contributed by atoms with van der Waals surface area (Å²) >= 11 is 0. The lowest BCUT2D eigenvalue weighted by atomic mass is 9.98. The van der Waals surface area contributed by atoms with E-state index in [0.29, 0.717) is 12.5 Å². The molecule has 0 N–H and O–H groups in total. The second-order valence-corrected chi connectivity index (χ2v) is 6.74. The maximum Gasteiger partial charge on any atom is 0.163 e. The number of fused-ring (bicyclic) bond motifs is 1. The van der Waals surface area contributed by atoms with Crippen molar-refractivity contribution in [3.05, 3.63) is 59.2 Å². The molecule has 0 bridgehead atoms. The van der Waals surface area contributed by atoms with Crippen molar-refractivity contribution in [3.8, 4) is 11.1 Å². The molecule has 124 valence electrons. The van der Waals surface area contributed by atoms with E-state index in [1.807, 2.05) is 6.07 Å². The summed E-state index contributed by atoms with van der Waals surface area (Å²) in [4.78, 5) is 14.2. The molecule has 1 aliphatic heterocycles. The van der Waals surface area contributed by atoms with Crippen LogP contribution in [0.25, 0.3) is 11.1 Å². The maximum atomic E-state index is 11.8. The number of ketones is 1. The average molecular weight is 321 g/mol. The van der Waals surface area contributed by atoms with Crippen LogP contribution in [0.4, 0.5) is 0 Å². The van der Waals surface area contributed by atoms with Crippen molar-refractivity contribution in [3.63, 3.8) is 0 Å². The van der Waals surface area contributed by atoms with Crippen molar-refractivity contribution < 1.29 is 9.53 Å². The van der Waals surface area contributed by atoms with Gasteiger partial charge in [-0.3, -0.25) is 9.69 Å². The smallest absolute Gasteiger partial charge is 0.163 e. The van der Waals surface area contributed by atoms with E-state index in [-0.39, 0.29) is 5.78 Å². The number of nitrogens with zero attached hydrogens (tertiary/aromatic N) is 1. The first-order valence-corrected chi connectivity index (χ1v) is 8.80. The van der Waals surface area contributed by atoms with Crippen molar-refractivity contribution in [1.82, 2.24) is 4.90 Å². The number of morpholine rings is 1. The van der Waals surface area contributed by atoms with Crippen LogP contribution in [0, 0.1) is 0 Å². The van der Waals surface area contributed by atoms with E-state index in [2.05, 4.69) is 48.2 Å². The molecule has 0 spiro atoms. The molecule has 0 amide bonds. The number of rotatable bonds is 3. The van der Waals surface area contributed by atoms with Crippen molar-refractivity contribution >= 4 is 5.78 Å². The summed E-state index contributed by atoms with van der Waals surface area (Å²) in [6, 6.07) is 15.5. The Balaban J connectivity index is 1.54. The molecule has 1 heterocycles. The predicted molar refractivity (Wildman–Crippen MR) is 95.3 cm³/mol. The minimum Gasteiger partial charge on any atom is -0.379 e. The third-order valence-electron chi connectivity index (χ3n) is 5.35. The van der Waals surface area contributed by atoms with Gasteiger partial charge in [0.1, 0.15) is 0 Å². The van der Waals surface area contributed by atoms with Crippen LogP contribution in [-0.4, -0.2) is 37.0 Å². The Labute approximate surface area is 143 Å². The molecule has 3 nitrogen and oxygen atoms in total. The minimum absolute atomic E-state index is 0.284. The second-order valence-electron chi connectivity index (χ2n) is 6.74. The highest BCUT2D eigenvalue weighted by Crippen LogP contribution is 2.29. The molecule has 2 aliphatic rings. The maximum absolute atomic E-state index is 11.8. The van der Waals surface area contributed by atoms with Crippen LogP contribution in [0.15, 0.2) is 42.5 Å². The van der Waals surface area contributed by atoms with Crippen LogP contribution < -0.4 is 0 Å². The van der Waals surface area contributed by atoms with Gasteiger partial charge in [-0.15, -0.1) is 0 Å². The summed E-state index contributed by atoms with van der Waals surface area (Å²) in [6.07, 6.45) is 1.54. The van der Waals surface area contributed by atoms with Gasteiger partial charge >= 0.3 is 0 Å². The Morgan fingerprint density at radius 3 is 2.42 bits per heavy atom. The molecule has 0 radical (unpaired) electrons. The van der Waals surface area contributed by atoms with Gasteiger partial charge in [-0.25, -0.2) is 0 Å². The molecule has 3 heteroatoms. The Hall–Kier alpha value is -1.97. The number of ether oxygens (including phenoxy) is 1.